The fourth-order valence-corrected chi connectivity index (χ4v) is 1.11. The smallest absolute Gasteiger partial charge is 0.119 e. The molecule has 13 heavy (non-hydrogen) atoms. The van der Waals surface area contributed by atoms with E-state index in [-0.39, 0.29) is 12.6 Å². The average Bonchev–Trinajstić information content (AvgIpc) is 2.18. The highest BCUT2D eigenvalue weighted by Gasteiger charge is 2.04. The van der Waals surface area contributed by atoms with Crippen molar-refractivity contribution in [3.05, 3.63) is 29.8 Å². The maximum Gasteiger partial charge on any atom is 0.119 e. The van der Waals surface area contributed by atoms with Crippen molar-refractivity contribution >= 4 is 0 Å². The van der Waals surface area contributed by atoms with Gasteiger partial charge in [-0.05, 0) is 24.6 Å². The van der Waals surface area contributed by atoms with Gasteiger partial charge >= 0.3 is 0 Å². The van der Waals surface area contributed by atoms with Crippen LogP contribution >= 0.6 is 0 Å². The number of aliphatic hydroxyl groups is 1. The van der Waals surface area contributed by atoms with E-state index >= 15 is 0 Å². The molecule has 1 aromatic rings. The number of nitrogens with two attached hydrogens (primary N) is 1. The second kappa shape index (κ2) is 4.84. The lowest BCUT2D eigenvalue weighted by Gasteiger charge is -2.10. The summed E-state index contributed by atoms with van der Waals surface area (Å²) >= 11 is 0. The number of benzene rings is 1. The lowest BCUT2D eigenvalue weighted by Crippen LogP contribution is -2.14. The van der Waals surface area contributed by atoms with Crippen LogP contribution < -0.4 is 10.5 Å². The van der Waals surface area contributed by atoms with E-state index in [9.17, 15) is 0 Å². The third-order valence-electron chi connectivity index (χ3n) is 1.79. The predicted molar refractivity (Wildman–Crippen MR) is 51.6 cm³/mol. The van der Waals surface area contributed by atoms with Gasteiger partial charge in [0.1, 0.15) is 5.75 Å². The molecule has 0 spiro atoms. The van der Waals surface area contributed by atoms with Gasteiger partial charge in [0, 0.05) is 0 Å². The SMILES string of the molecule is CCOc1cccc([C@H](N)CO)c1. The second-order valence-corrected chi connectivity index (χ2v) is 2.79. The first-order valence-electron chi connectivity index (χ1n) is 4.37. The minimum Gasteiger partial charge on any atom is -0.494 e. The van der Waals surface area contributed by atoms with Crippen LogP contribution in [-0.4, -0.2) is 18.3 Å². The van der Waals surface area contributed by atoms with Gasteiger partial charge < -0.3 is 15.6 Å². The Morgan fingerprint density at radius 2 is 2.31 bits per heavy atom. The molecule has 0 aliphatic carbocycles. The van der Waals surface area contributed by atoms with Gasteiger partial charge in [0.2, 0.25) is 0 Å². The summed E-state index contributed by atoms with van der Waals surface area (Å²) in [5.41, 5.74) is 6.55. The zero-order valence-corrected chi connectivity index (χ0v) is 7.73. The first-order chi connectivity index (χ1) is 6.27. The second-order valence-electron chi connectivity index (χ2n) is 2.79. The maximum absolute atomic E-state index is 8.84. The van der Waals surface area contributed by atoms with Gasteiger partial charge in [-0.3, -0.25) is 0 Å². The number of hydrogen-bond acceptors (Lipinski definition) is 3. The zero-order chi connectivity index (χ0) is 9.68. The Hall–Kier alpha value is -1.06. The molecular formula is C10H15NO2. The van der Waals surface area contributed by atoms with Crippen LogP contribution in [0.2, 0.25) is 0 Å². The van der Waals surface area contributed by atoms with E-state index in [2.05, 4.69) is 0 Å². The number of aliphatic hydroxyl groups excluding tert-OH is 1. The summed E-state index contributed by atoms with van der Waals surface area (Å²) in [5, 5.41) is 8.84. The van der Waals surface area contributed by atoms with Crippen molar-refractivity contribution in [2.24, 2.45) is 5.73 Å². The van der Waals surface area contributed by atoms with Crippen LogP contribution in [0.1, 0.15) is 18.5 Å². The summed E-state index contributed by atoms with van der Waals surface area (Å²) in [6, 6.07) is 7.15. The summed E-state index contributed by atoms with van der Waals surface area (Å²) in [7, 11) is 0. The van der Waals surface area contributed by atoms with Crippen molar-refractivity contribution in [1.82, 2.24) is 0 Å². The summed E-state index contributed by atoms with van der Waals surface area (Å²) in [6.07, 6.45) is 0. The van der Waals surface area contributed by atoms with Gasteiger partial charge in [-0.25, -0.2) is 0 Å². The van der Waals surface area contributed by atoms with E-state index in [1.807, 2.05) is 31.2 Å². The highest BCUT2D eigenvalue weighted by molar-refractivity contribution is 5.30. The molecule has 0 fully saturated rings. The molecule has 0 bridgehead atoms. The van der Waals surface area contributed by atoms with E-state index in [1.165, 1.54) is 0 Å². The highest BCUT2D eigenvalue weighted by Crippen LogP contribution is 2.17. The summed E-state index contributed by atoms with van der Waals surface area (Å²) in [4.78, 5) is 0. The molecule has 0 aliphatic rings. The molecule has 1 rings (SSSR count). The minimum atomic E-state index is -0.319. The van der Waals surface area contributed by atoms with E-state index in [1.54, 1.807) is 0 Å². The van der Waals surface area contributed by atoms with E-state index in [4.69, 9.17) is 15.6 Å². The van der Waals surface area contributed by atoms with Crippen LogP contribution in [0.3, 0.4) is 0 Å². The molecule has 3 N–H and O–H groups in total. The number of hydrogen-bond donors (Lipinski definition) is 2. The van der Waals surface area contributed by atoms with Crippen molar-refractivity contribution in [3.63, 3.8) is 0 Å². The normalized spacial score (nSPS) is 12.5. The summed E-state index contributed by atoms with van der Waals surface area (Å²) in [6.45, 7) is 2.52. The molecule has 1 aromatic carbocycles. The first-order valence-corrected chi connectivity index (χ1v) is 4.37. The summed E-state index contributed by atoms with van der Waals surface area (Å²) in [5.74, 6) is 0.795. The molecule has 1 atom stereocenters. The fourth-order valence-electron chi connectivity index (χ4n) is 1.11. The van der Waals surface area contributed by atoms with Gasteiger partial charge in [0.15, 0.2) is 0 Å². The van der Waals surface area contributed by atoms with Gasteiger partial charge in [-0.15, -0.1) is 0 Å². The van der Waals surface area contributed by atoms with Gasteiger partial charge in [-0.2, -0.15) is 0 Å². The van der Waals surface area contributed by atoms with Crippen LogP contribution in [0.15, 0.2) is 24.3 Å². The quantitative estimate of drug-likeness (QED) is 0.730. The zero-order valence-electron chi connectivity index (χ0n) is 7.73. The molecule has 0 amide bonds. The van der Waals surface area contributed by atoms with Crippen molar-refractivity contribution in [1.29, 1.82) is 0 Å². The first kappa shape index (κ1) is 10.0. The fraction of sp³-hybridized carbons (Fsp3) is 0.400. The molecular weight excluding hydrogens is 166 g/mol. The Morgan fingerprint density at radius 3 is 2.92 bits per heavy atom. The molecule has 0 aromatic heterocycles. The average molecular weight is 181 g/mol. The molecule has 3 heteroatoms. The lowest BCUT2D eigenvalue weighted by atomic mass is 10.1. The molecule has 3 nitrogen and oxygen atoms in total. The van der Waals surface area contributed by atoms with Crippen LogP contribution in [0.4, 0.5) is 0 Å². The third-order valence-corrected chi connectivity index (χ3v) is 1.79. The largest absolute Gasteiger partial charge is 0.494 e. The molecule has 72 valence electrons. The Morgan fingerprint density at radius 1 is 1.54 bits per heavy atom. The Kier molecular flexibility index (Phi) is 3.73. The van der Waals surface area contributed by atoms with Gasteiger partial charge in [0.05, 0.1) is 19.3 Å². The summed E-state index contributed by atoms with van der Waals surface area (Å²) < 4.78 is 5.30. The predicted octanol–water partition coefficient (Wildman–Crippen LogP) is 1.08. The van der Waals surface area contributed by atoms with Gasteiger partial charge in [0.25, 0.3) is 0 Å². The van der Waals surface area contributed by atoms with Crippen molar-refractivity contribution in [2.75, 3.05) is 13.2 Å². The third kappa shape index (κ3) is 2.72. The molecule has 0 unspecified atom stereocenters. The molecule has 0 heterocycles. The number of ether oxygens (including phenoxy) is 1. The van der Waals surface area contributed by atoms with Crippen LogP contribution in [0, 0.1) is 0 Å². The number of rotatable bonds is 4. The maximum atomic E-state index is 8.84. The monoisotopic (exact) mass is 181 g/mol. The van der Waals surface area contributed by atoms with Crippen molar-refractivity contribution < 1.29 is 9.84 Å². The Bertz CT molecular complexity index is 263. The van der Waals surface area contributed by atoms with Crippen molar-refractivity contribution in [2.45, 2.75) is 13.0 Å². The van der Waals surface area contributed by atoms with Crippen LogP contribution in [-0.2, 0) is 0 Å². The topological polar surface area (TPSA) is 55.5 Å². The van der Waals surface area contributed by atoms with Crippen LogP contribution in [0.5, 0.6) is 5.75 Å². The van der Waals surface area contributed by atoms with E-state index in [0.29, 0.717) is 6.61 Å². The Balaban J connectivity index is 2.78. The molecule has 0 radical (unpaired) electrons. The highest BCUT2D eigenvalue weighted by atomic mass is 16.5. The van der Waals surface area contributed by atoms with E-state index in [0.717, 1.165) is 11.3 Å². The standard InChI is InChI=1S/C10H15NO2/c1-2-13-9-5-3-4-8(6-9)10(11)7-12/h3-6,10,12H,2,7,11H2,1H3/t10-/m1/s1. The lowest BCUT2D eigenvalue weighted by molar-refractivity contribution is 0.267. The molecule has 0 aliphatic heterocycles. The van der Waals surface area contributed by atoms with Crippen molar-refractivity contribution in [3.8, 4) is 5.75 Å². The minimum absolute atomic E-state index is 0.0461. The van der Waals surface area contributed by atoms with E-state index < -0.39 is 0 Å². The molecule has 0 saturated heterocycles. The molecule has 0 saturated carbocycles. The van der Waals surface area contributed by atoms with Gasteiger partial charge in [-0.1, -0.05) is 12.1 Å². The van der Waals surface area contributed by atoms with Crippen LogP contribution in [0.25, 0.3) is 0 Å². The Labute approximate surface area is 78.1 Å².